The summed E-state index contributed by atoms with van der Waals surface area (Å²) in [6.07, 6.45) is 4.61. The lowest BCUT2D eigenvalue weighted by Crippen LogP contribution is -2.44. The zero-order valence-electron chi connectivity index (χ0n) is 15.5. The van der Waals surface area contributed by atoms with Gasteiger partial charge >= 0.3 is 0 Å². The van der Waals surface area contributed by atoms with Crippen LogP contribution in [0.25, 0.3) is 0 Å². The average molecular weight is 501 g/mol. The van der Waals surface area contributed by atoms with E-state index in [1.165, 1.54) is 16.5 Å². The molecule has 8 heteroatoms. The van der Waals surface area contributed by atoms with Gasteiger partial charge in [0.25, 0.3) is 0 Å². The molecule has 1 unspecified atom stereocenters. The van der Waals surface area contributed by atoms with E-state index in [4.69, 9.17) is 0 Å². The number of nitrogens with one attached hydrogen (secondary N) is 2. The van der Waals surface area contributed by atoms with Crippen LogP contribution in [0, 0.1) is 5.82 Å². The molecule has 1 saturated heterocycles. The highest BCUT2D eigenvalue weighted by Crippen LogP contribution is 2.20. The van der Waals surface area contributed by atoms with Gasteiger partial charge in [-0.2, -0.15) is 0 Å². The Balaban J connectivity index is 0.00000261. The van der Waals surface area contributed by atoms with Gasteiger partial charge in [0.2, 0.25) is 0 Å². The summed E-state index contributed by atoms with van der Waals surface area (Å²) in [7, 11) is 1.76. The van der Waals surface area contributed by atoms with Gasteiger partial charge in [0, 0.05) is 43.8 Å². The summed E-state index contributed by atoms with van der Waals surface area (Å²) in [6.45, 7) is 2.19. The molecule has 1 aliphatic rings. The van der Waals surface area contributed by atoms with E-state index >= 15 is 0 Å². The van der Waals surface area contributed by atoms with E-state index in [1.54, 1.807) is 31.1 Å². The predicted octanol–water partition coefficient (Wildman–Crippen LogP) is 3.50. The van der Waals surface area contributed by atoms with E-state index < -0.39 is 0 Å². The maximum Gasteiger partial charge on any atom is 0.191 e. The summed E-state index contributed by atoms with van der Waals surface area (Å²) in [5.74, 6) is 0.908. The molecule has 3 rings (SSSR count). The van der Waals surface area contributed by atoms with E-state index in [0.717, 1.165) is 18.9 Å². The number of hydrogen-bond donors (Lipinski definition) is 2. The van der Waals surface area contributed by atoms with Crippen molar-refractivity contribution in [2.45, 2.75) is 23.9 Å². The number of thioether (sulfide) groups is 1. The third-order valence-corrected chi connectivity index (χ3v) is 5.15. The molecule has 0 saturated carbocycles. The maximum absolute atomic E-state index is 13.9. The molecule has 2 heterocycles. The second kappa shape index (κ2) is 10.7. The Bertz CT molecular complexity index is 756. The van der Waals surface area contributed by atoms with Gasteiger partial charge in [0.1, 0.15) is 0 Å². The van der Waals surface area contributed by atoms with Crippen molar-refractivity contribution in [3.05, 3.63) is 54.0 Å². The van der Waals surface area contributed by atoms with Crippen LogP contribution in [-0.2, 0) is 6.54 Å². The number of nitrogens with zero attached hydrogens (tertiary/aromatic N) is 3. The van der Waals surface area contributed by atoms with E-state index in [1.807, 2.05) is 4.90 Å². The van der Waals surface area contributed by atoms with Crippen LogP contribution in [0.2, 0.25) is 0 Å². The van der Waals surface area contributed by atoms with Crippen LogP contribution in [0.15, 0.2) is 52.5 Å². The number of guanidine groups is 1. The number of aromatic nitrogens is 1. The van der Waals surface area contributed by atoms with Crippen LogP contribution >= 0.6 is 35.7 Å². The summed E-state index contributed by atoms with van der Waals surface area (Å²) in [5, 5.41) is 6.76. The van der Waals surface area contributed by atoms with Crippen molar-refractivity contribution >= 4 is 47.5 Å². The molecule has 146 valence electrons. The first-order valence-corrected chi connectivity index (χ1v) is 9.87. The molecule has 5 nitrogen and oxygen atoms in total. The molecule has 0 spiro atoms. The maximum atomic E-state index is 13.9. The summed E-state index contributed by atoms with van der Waals surface area (Å²) in [6, 6.07) is 11.7. The van der Waals surface area contributed by atoms with Crippen molar-refractivity contribution in [1.82, 2.24) is 15.6 Å². The van der Waals surface area contributed by atoms with E-state index in [0.29, 0.717) is 18.9 Å². The minimum Gasteiger partial charge on any atom is -0.352 e. The molecule has 0 aliphatic carbocycles. The van der Waals surface area contributed by atoms with Crippen molar-refractivity contribution in [3.8, 4) is 0 Å². The molecule has 0 amide bonds. The number of rotatable bonds is 5. The molecular weight excluding hydrogens is 476 g/mol. The lowest BCUT2D eigenvalue weighted by atomic mass is 10.2. The summed E-state index contributed by atoms with van der Waals surface area (Å²) >= 11 is 1.73. The molecule has 1 aromatic heterocycles. The van der Waals surface area contributed by atoms with Crippen molar-refractivity contribution < 1.29 is 4.39 Å². The Kier molecular flexibility index (Phi) is 8.62. The number of pyridine rings is 1. The van der Waals surface area contributed by atoms with Crippen LogP contribution in [0.5, 0.6) is 0 Å². The van der Waals surface area contributed by atoms with Crippen molar-refractivity contribution in [2.24, 2.45) is 4.99 Å². The van der Waals surface area contributed by atoms with Gasteiger partial charge in [0.05, 0.1) is 0 Å². The summed E-state index contributed by atoms with van der Waals surface area (Å²) in [5.41, 5.74) is 1.20. The third kappa shape index (κ3) is 5.97. The van der Waals surface area contributed by atoms with E-state index in [-0.39, 0.29) is 35.8 Å². The number of hydrogen-bond acceptors (Lipinski definition) is 4. The van der Waals surface area contributed by atoms with Crippen LogP contribution in [0.3, 0.4) is 0 Å². The van der Waals surface area contributed by atoms with Crippen molar-refractivity contribution in [3.63, 3.8) is 0 Å². The molecule has 1 aliphatic heterocycles. The molecule has 2 N–H and O–H groups in total. The zero-order chi connectivity index (χ0) is 18.4. The average Bonchev–Trinajstić information content (AvgIpc) is 3.14. The highest BCUT2D eigenvalue weighted by atomic mass is 127. The highest BCUT2D eigenvalue weighted by molar-refractivity contribution is 14.0. The highest BCUT2D eigenvalue weighted by Gasteiger charge is 2.25. The minimum atomic E-state index is -0.274. The summed E-state index contributed by atoms with van der Waals surface area (Å²) in [4.78, 5) is 11.7. The van der Waals surface area contributed by atoms with Crippen LogP contribution in [0.1, 0.15) is 12.0 Å². The molecule has 1 fully saturated rings. The van der Waals surface area contributed by atoms with Gasteiger partial charge in [-0.1, -0.05) is 12.1 Å². The molecule has 27 heavy (non-hydrogen) atoms. The first-order chi connectivity index (χ1) is 12.7. The predicted molar refractivity (Wildman–Crippen MR) is 122 cm³/mol. The van der Waals surface area contributed by atoms with Crippen LogP contribution in [0.4, 0.5) is 10.2 Å². The Morgan fingerprint density at radius 3 is 2.78 bits per heavy atom. The van der Waals surface area contributed by atoms with Gasteiger partial charge in [-0.15, -0.1) is 35.7 Å². The van der Waals surface area contributed by atoms with Crippen LogP contribution < -0.4 is 15.5 Å². The quantitative estimate of drug-likeness (QED) is 0.284. The Labute approximate surface area is 181 Å². The first-order valence-electron chi connectivity index (χ1n) is 8.65. The first kappa shape index (κ1) is 21.7. The lowest BCUT2D eigenvalue weighted by molar-refractivity contribution is 0.612. The molecule has 0 radical (unpaired) electrons. The second-order valence-corrected chi connectivity index (χ2v) is 7.04. The molecule has 2 aromatic rings. The SMILES string of the molecule is CN=C(NCc1ccc(SC)cc1)NC1CCN(c2ncccc2F)C1.I. The third-order valence-electron chi connectivity index (χ3n) is 4.41. The smallest absolute Gasteiger partial charge is 0.191 e. The second-order valence-electron chi connectivity index (χ2n) is 6.16. The standard InChI is InChI=1S/C19H24FN5S.HI/c1-21-19(23-12-14-5-7-16(26-2)8-6-14)24-15-9-11-25(13-15)18-17(20)4-3-10-22-18;/h3-8,10,15H,9,11-13H2,1-2H3,(H2,21,23,24);1H. The van der Waals surface area contributed by atoms with Crippen molar-refractivity contribution in [2.75, 3.05) is 31.3 Å². The van der Waals surface area contributed by atoms with Gasteiger partial charge in [-0.05, 0) is 42.5 Å². The topological polar surface area (TPSA) is 52.6 Å². The Morgan fingerprint density at radius 2 is 2.11 bits per heavy atom. The Morgan fingerprint density at radius 1 is 1.33 bits per heavy atom. The number of benzene rings is 1. The fourth-order valence-electron chi connectivity index (χ4n) is 3.00. The number of halogens is 2. The molecule has 0 bridgehead atoms. The number of aliphatic imine (C=N–C) groups is 1. The van der Waals surface area contributed by atoms with Crippen molar-refractivity contribution in [1.29, 1.82) is 0 Å². The van der Waals surface area contributed by atoms with Gasteiger partial charge in [-0.3, -0.25) is 4.99 Å². The molecule has 1 aromatic carbocycles. The number of anilines is 1. The van der Waals surface area contributed by atoms with Gasteiger partial charge in [0.15, 0.2) is 17.6 Å². The fourth-order valence-corrected chi connectivity index (χ4v) is 3.41. The zero-order valence-corrected chi connectivity index (χ0v) is 18.6. The summed E-state index contributed by atoms with van der Waals surface area (Å²) < 4.78 is 13.9. The van der Waals surface area contributed by atoms with Gasteiger partial charge in [-0.25, -0.2) is 9.37 Å². The van der Waals surface area contributed by atoms with Crippen LogP contribution in [-0.4, -0.2) is 43.4 Å². The lowest BCUT2D eigenvalue weighted by Gasteiger charge is -2.20. The monoisotopic (exact) mass is 501 g/mol. The fraction of sp³-hybridized carbons (Fsp3) is 0.368. The van der Waals surface area contributed by atoms with Gasteiger partial charge < -0.3 is 15.5 Å². The molecule has 1 atom stereocenters. The van der Waals surface area contributed by atoms with E-state index in [9.17, 15) is 4.39 Å². The Hall–Kier alpha value is -1.55. The normalized spacial score (nSPS) is 16.8. The largest absolute Gasteiger partial charge is 0.352 e. The molecular formula is C19H25FIN5S. The van der Waals surface area contributed by atoms with E-state index in [2.05, 4.69) is 51.1 Å². The minimum absolute atomic E-state index is 0.